The normalized spacial score (nSPS) is 23.0. The van der Waals surface area contributed by atoms with Crippen LogP contribution in [0.2, 0.25) is 0 Å². The van der Waals surface area contributed by atoms with E-state index >= 15 is 0 Å². The summed E-state index contributed by atoms with van der Waals surface area (Å²) >= 11 is 0. The molecule has 0 bridgehead atoms. The maximum atomic E-state index is 3.72. The van der Waals surface area contributed by atoms with E-state index in [2.05, 4.69) is 50.4 Å². The molecule has 20 heavy (non-hydrogen) atoms. The molecule has 0 amide bonds. The van der Waals surface area contributed by atoms with Crippen LogP contribution in [0.3, 0.4) is 0 Å². The summed E-state index contributed by atoms with van der Waals surface area (Å²) in [4.78, 5) is 0. The van der Waals surface area contributed by atoms with Crippen LogP contribution in [-0.4, -0.2) is 6.04 Å². The van der Waals surface area contributed by atoms with Crippen molar-refractivity contribution in [2.75, 3.05) is 5.32 Å². The van der Waals surface area contributed by atoms with Crippen LogP contribution < -0.4 is 5.32 Å². The van der Waals surface area contributed by atoms with Gasteiger partial charge < -0.3 is 5.32 Å². The predicted molar refractivity (Wildman–Crippen MR) is 89.3 cm³/mol. The van der Waals surface area contributed by atoms with E-state index in [1.165, 1.54) is 56.2 Å². The molecule has 0 atom stereocenters. The Morgan fingerprint density at radius 3 is 2.25 bits per heavy atom. The van der Waals surface area contributed by atoms with Gasteiger partial charge in [-0.3, -0.25) is 0 Å². The molecular formula is C19H31N. The van der Waals surface area contributed by atoms with Gasteiger partial charge in [-0.05, 0) is 68.1 Å². The fourth-order valence-corrected chi connectivity index (χ4v) is 3.31. The summed E-state index contributed by atoms with van der Waals surface area (Å²) in [5.41, 5.74) is 2.78. The van der Waals surface area contributed by atoms with Gasteiger partial charge in [-0.1, -0.05) is 39.3 Å². The van der Waals surface area contributed by atoms with Crippen molar-refractivity contribution < 1.29 is 0 Å². The highest BCUT2D eigenvalue weighted by atomic mass is 14.9. The van der Waals surface area contributed by atoms with Crippen LogP contribution in [-0.2, 0) is 6.42 Å². The van der Waals surface area contributed by atoms with Crippen LogP contribution >= 0.6 is 0 Å². The third-order valence-electron chi connectivity index (χ3n) is 4.86. The molecule has 1 saturated carbocycles. The molecule has 1 aromatic rings. The van der Waals surface area contributed by atoms with E-state index < -0.39 is 0 Å². The molecule has 1 N–H and O–H groups in total. The number of hydrogen-bond donors (Lipinski definition) is 1. The topological polar surface area (TPSA) is 12.0 Å². The van der Waals surface area contributed by atoms with E-state index in [1.807, 2.05) is 0 Å². The molecule has 1 fully saturated rings. The van der Waals surface area contributed by atoms with Gasteiger partial charge in [0.25, 0.3) is 0 Å². The summed E-state index contributed by atoms with van der Waals surface area (Å²) in [5.74, 6) is 1.80. The van der Waals surface area contributed by atoms with Crippen LogP contribution in [0.15, 0.2) is 24.3 Å². The Labute approximate surface area is 125 Å². The first kappa shape index (κ1) is 15.4. The first-order valence-corrected chi connectivity index (χ1v) is 8.54. The Balaban J connectivity index is 1.79. The smallest absolute Gasteiger partial charge is 0.0342 e. The lowest BCUT2D eigenvalue weighted by Gasteiger charge is -2.31. The van der Waals surface area contributed by atoms with Crippen LogP contribution in [0, 0.1) is 11.8 Å². The quantitative estimate of drug-likeness (QED) is 0.705. The van der Waals surface area contributed by atoms with Crippen LogP contribution in [0.5, 0.6) is 0 Å². The van der Waals surface area contributed by atoms with Gasteiger partial charge >= 0.3 is 0 Å². The Morgan fingerprint density at radius 2 is 1.70 bits per heavy atom. The first-order chi connectivity index (χ1) is 9.69. The Hall–Kier alpha value is -0.980. The van der Waals surface area contributed by atoms with E-state index in [1.54, 1.807) is 0 Å². The minimum absolute atomic E-state index is 0.687. The van der Waals surface area contributed by atoms with Crippen molar-refractivity contribution >= 4 is 5.69 Å². The standard InChI is InChI=1S/C19H31N/c1-4-5-6-16-7-11-18(12-8-16)20-19-13-9-17(10-14-19)15(2)3/h7-8,11-12,15,17,19-20H,4-6,9-10,13-14H2,1-3H3. The van der Waals surface area contributed by atoms with Crippen molar-refractivity contribution in [3.63, 3.8) is 0 Å². The number of unbranched alkanes of at least 4 members (excludes halogenated alkanes) is 1. The van der Waals surface area contributed by atoms with Crippen molar-refractivity contribution in [2.45, 2.75) is 71.8 Å². The molecule has 1 heteroatoms. The molecule has 0 saturated heterocycles. The lowest BCUT2D eigenvalue weighted by Crippen LogP contribution is -2.27. The average molecular weight is 273 g/mol. The Morgan fingerprint density at radius 1 is 1.05 bits per heavy atom. The van der Waals surface area contributed by atoms with Crippen molar-refractivity contribution in [3.05, 3.63) is 29.8 Å². The highest BCUT2D eigenvalue weighted by Crippen LogP contribution is 2.31. The molecule has 0 radical (unpaired) electrons. The van der Waals surface area contributed by atoms with Gasteiger partial charge in [-0.25, -0.2) is 0 Å². The van der Waals surface area contributed by atoms with Gasteiger partial charge in [0, 0.05) is 11.7 Å². The second-order valence-corrected chi connectivity index (χ2v) is 6.80. The van der Waals surface area contributed by atoms with Gasteiger partial charge in [-0.2, -0.15) is 0 Å². The molecule has 112 valence electrons. The SMILES string of the molecule is CCCCc1ccc(NC2CCC(C(C)C)CC2)cc1. The highest BCUT2D eigenvalue weighted by molar-refractivity contribution is 5.45. The van der Waals surface area contributed by atoms with Gasteiger partial charge in [0.05, 0.1) is 0 Å². The third kappa shape index (κ3) is 4.54. The van der Waals surface area contributed by atoms with E-state index in [4.69, 9.17) is 0 Å². The summed E-state index contributed by atoms with van der Waals surface area (Å²) in [6.07, 6.45) is 9.25. The van der Waals surface area contributed by atoms with Crippen molar-refractivity contribution in [3.8, 4) is 0 Å². The van der Waals surface area contributed by atoms with Gasteiger partial charge in [0.1, 0.15) is 0 Å². The van der Waals surface area contributed by atoms with E-state index in [0.717, 1.165) is 11.8 Å². The molecule has 0 spiro atoms. The minimum atomic E-state index is 0.687. The maximum Gasteiger partial charge on any atom is 0.0342 e. The van der Waals surface area contributed by atoms with E-state index in [-0.39, 0.29) is 0 Å². The molecule has 0 aliphatic heterocycles. The van der Waals surface area contributed by atoms with Crippen molar-refractivity contribution in [1.29, 1.82) is 0 Å². The van der Waals surface area contributed by atoms with Crippen LogP contribution in [0.1, 0.15) is 64.9 Å². The van der Waals surface area contributed by atoms with Crippen LogP contribution in [0.4, 0.5) is 5.69 Å². The lowest BCUT2D eigenvalue weighted by molar-refractivity contribution is 0.267. The number of nitrogens with one attached hydrogen (secondary N) is 1. The molecule has 1 aliphatic carbocycles. The third-order valence-corrected chi connectivity index (χ3v) is 4.86. The molecule has 1 aliphatic rings. The van der Waals surface area contributed by atoms with Crippen molar-refractivity contribution in [2.24, 2.45) is 11.8 Å². The summed E-state index contributed by atoms with van der Waals surface area (Å²) < 4.78 is 0. The molecular weight excluding hydrogens is 242 g/mol. The Kier molecular flexibility index (Phi) is 5.94. The molecule has 1 nitrogen and oxygen atoms in total. The number of anilines is 1. The fourth-order valence-electron chi connectivity index (χ4n) is 3.31. The molecule has 0 unspecified atom stereocenters. The lowest BCUT2D eigenvalue weighted by atomic mass is 9.79. The zero-order valence-electron chi connectivity index (χ0n) is 13.5. The second kappa shape index (κ2) is 7.71. The largest absolute Gasteiger partial charge is 0.382 e. The summed E-state index contributed by atoms with van der Waals surface area (Å²) in [6.45, 7) is 6.99. The summed E-state index contributed by atoms with van der Waals surface area (Å²) in [6, 6.07) is 9.79. The van der Waals surface area contributed by atoms with E-state index in [0.29, 0.717) is 6.04 Å². The minimum Gasteiger partial charge on any atom is -0.382 e. The van der Waals surface area contributed by atoms with Crippen molar-refractivity contribution in [1.82, 2.24) is 0 Å². The molecule has 1 aromatic carbocycles. The molecule has 0 aromatic heterocycles. The second-order valence-electron chi connectivity index (χ2n) is 6.80. The number of aryl methyl sites for hydroxylation is 1. The van der Waals surface area contributed by atoms with Gasteiger partial charge in [-0.15, -0.1) is 0 Å². The fraction of sp³-hybridized carbons (Fsp3) is 0.684. The zero-order valence-corrected chi connectivity index (χ0v) is 13.5. The predicted octanol–water partition coefficient (Wildman–Crippen LogP) is 5.66. The summed E-state index contributed by atoms with van der Waals surface area (Å²) in [5, 5.41) is 3.72. The van der Waals surface area contributed by atoms with Gasteiger partial charge in [0.15, 0.2) is 0 Å². The van der Waals surface area contributed by atoms with Crippen LogP contribution in [0.25, 0.3) is 0 Å². The van der Waals surface area contributed by atoms with E-state index in [9.17, 15) is 0 Å². The Bertz CT molecular complexity index is 371. The highest BCUT2D eigenvalue weighted by Gasteiger charge is 2.22. The number of hydrogen-bond acceptors (Lipinski definition) is 1. The molecule has 2 rings (SSSR count). The maximum absolute atomic E-state index is 3.72. The monoisotopic (exact) mass is 273 g/mol. The van der Waals surface area contributed by atoms with Gasteiger partial charge in [0.2, 0.25) is 0 Å². The zero-order chi connectivity index (χ0) is 14.4. The molecule has 0 heterocycles. The number of benzene rings is 1. The first-order valence-electron chi connectivity index (χ1n) is 8.54. The summed E-state index contributed by atoms with van der Waals surface area (Å²) in [7, 11) is 0. The average Bonchev–Trinajstić information content (AvgIpc) is 2.47. The number of rotatable bonds is 6.